The molecule has 0 fully saturated rings. The lowest BCUT2D eigenvalue weighted by atomic mass is 10.4. The molecule has 0 unspecified atom stereocenters. The molecule has 1 aromatic rings. The van der Waals surface area contributed by atoms with Gasteiger partial charge in [0.05, 0.1) is 13.2 Å². The third-order valence-electron chi connectivity index (χ3n) is 2.72. The Morgan fingerprint density at radius 3 is 2.70 bits per heavy atom. The lowest BCUT2D eigenvalue weighted by Gasteiger charge is -2.13. The number of ether oxygens (including phenoxy) is 2. The van der Waals surface area contributed by atoms with Crippen LogP contribution in [0.3, 0.4) is 0 Å². The molecule has 1 aliphatic rings. The Labute approximate surface area is 136 Å². The lowest BCUT2D eigenvalue weighted by molar-refractivity contribution is -0.583. The monoisotopic (exact) mass is 334 g/mol. The summed E-state index contributed by atoms with van der Waals surface area (Å²) < 4.78 is 11.0. The average Bonchev–Trinajstić information content (AvgIpc) is 2.89. The first-order valence-electron chi connectivity index (χ1n) is 6.68. The molecule has 0 amide bonds. The number of carbonyl (C=O) groups is 2. The van der Waals surface area contributed by atoms with Crippen LogP contribution in [-0.2, 0) is 19.1 Å². The second kappa shape index (κ2) is 7.59. The van der Waals surface area contributed by atoms with Crippen LogP contribution in [0.4, 0.5) is 0 Å². The SMILES string of the molecule is CCOC([O-])=C(C1=N/C(=C\C(=O)OC)C(=O)S1)[n+]1ccccc1. The first-order chi connectivity index (χ1) is 11.1. The second-order valence-corrected chi connectivity index (χ2v) is 5.17. The quantitative estimate of drug-likeness (QED) is 0.331. The Morgan fingerprint density at radius 2 is 2.09 bits per heavy atom. The van der Waals surface area contributed by atoms with Gasteiger partial charge in [-0.15, -0.1) is 0 Å². The van der Waals surface area contributed by atoms with Crippen molar-refractivity contribution >= 4 is 33.6 Å². The van der Waals surface area contributed by atoms with Crippen LogP contribution in [0.1, 0.15) is 6.92 Å². The van der Waals surface area contributed by atoms with Gasteiger partial charge in [-0.1, -0.05) is 13.0 Å². The molecule has 0 atom stereocenters. The lowest BCUT2D eigenvalue weighted by Crippen LogP contribution is -2.38. The summed E-state index contributed by atoms with van der Waals surface area (Å²) in [7, 11) is 1.20. The highest BCUT2D eigenvalue weighted by atomic mass is 32.2. The number of nitrogens with zero attached hydrogens (tertiary/aromatic N) is 2. The highest BCUT2D eigenvalue weighted by Crippen LogP contribution is 2.28. The van der Waals surface area contributed by atoms with Crippen molar-refractivity contribution in [2.24, 2.45) is 4.99 Å². The van der Waals surface area contributed by atoms with Crippen molar-refractivity contribution in [1.29, 1.82) is 0 Å². The summed E-state index contributed by atoms with van der Waals surface area (Å²) in [6, 6.07) is 5.25. The summed E-state index contributed by atoms with van der Waals surface area (Å²) in [5.41, 5.74) is 0.0363. The van der Waals surface area contributed by atoms with E-state index in [1.54, 1.807) is 37.5 Å². The number of aromatic nitrogens is 1. The summed E-state index contributed by atoms with van der Waals surface area (Å²) in [5.74, 6) is -1.30. The van der Waals surface area contributed by atoms with Crippen LogP contribution in [-0.4, -0.2) is 29.8 Å². The number of methoxy groups -OCH3 is 1. The van der Waals surface area contributed by atoms with Crippen molar-refractivity contribution in [1.82, 2.24) is 0 Å². The van der Waals surface area contributed by atoms with E-state index in [2.05, 4.69) is 9.73 Å². The van der Waals surface area contributed by atoms with Crippen LogP contribution >= 0.6 is 11.8 Å². The Morgan fingerprint density at radius 1 is 1.39 bits per heavy atom. The minimum Gasteiger partial charge on any atom is -0.609 e. The van der Waals surface area contributed by atoms with Crippen LogP contribution in [0.25, 0.3) is 5.70 Å². The molecular formula is C15H14N2O5S. The van der Waals surface area contributed by atoms with E-state index in [1.165, 1.54) is 11.7 Å². The van der Waals surface area contributed by atoms with Crippen molar-refractivity contribution in [3.05, 3.63) is 48.3 Å². The van der Waals surface area contributed by atoms with Gasteiger partial charge in [0.1, 0.15) is 11.6 Å². The molecule has 0 N–H and O–H groups in total. The molecule has 0 saturated heterocycles. The van der Waals surface area contributed by atoms with E-state index in [-0.39, 0.29) is 23.0 Å². The van der Waals surface area contributed by atoms with Gasteiger partial charge in [-0.3, -0.25) is 4.79 Å². The summed E-state index contributed by atoms with van der Waals surface area (Å²) >= 11 is 0.760. The van der Waals surface area contributed by atoms with Gasteiger partial charge in [-0.2, -0.15) is 4.57 Å². The van der Waals surface area contributed by atoms with Crippen molar-refractivity contribution in [3.8, 4) is 0 Å². The van der Waals surface area contributed by atoms with Crippen molar-refractivity contribution in [2.75, 3.05) is 13.7 Å². The van der Waals surface area contributed by atoms with Crippen LogP contribution < -0.4 is 9.67 Å². The van der Waals surface area contributed by atoms with Crippen LogP contribution in [0.5, 0.6) is 0 Å². The number of hydrogen-bond donors (Lipinski definition) is 0. The predicted molar refractivity (Wildman–Crippen MR) is 81.6 cm³/mol. The van der Waals surface area contributed by atoms with E-state index in [1.807, 2.05) is 0 Å². The molecule has 2 rings (SSSR count). The number of carbonyl (C=O) groups excluding carboxylic acids is 2. The summed E-state index contributed by atoms with van der Waals surface area (Å²) in [4.78, 5) is 27.3. The Bertz CT molecular complexity index is 710. The molecule has 0 radical (unpaired) electrons. The second-order valence-electron chi connectivity index (χ2n) is 4.21. The molecule has 0 aromatic carbocycles. The van der Waals surface area contributed by atoms with Gasteiger partial charge in [0.15, 0.2) is 17.4 Å². The standard InChI is InChI=1S/C15H14N2O5S/c1-3-22-14(19)12(17-7-5-4-6-8-17)13-16-10(15(20)23-13)9-11(18)21-2/h4-9H,3H2,1-2H3. The smallest absolute Gasteiger partial charge is 0.332 e. The molecule has 0 spiro atoms. The van der Waals surface area contributed by atoms with Gasteiger partial charge in [0.2, 0.25) is 5.12 Å². The van der Waals surface area contributed by atoms with Crippen molar-refractivity contribution in [3.63, 3.8) is 0 Å². The van der Waals surface area contributed by atoms with E-state index in [9.17, 15) is 14.7 Å². The molecule has 2 heterocycles. The molecule has 1 aliphatic heterocycles. The predicted octanol–water partition coefficient (Wildman–Crippen LogP) is 0.226. The molecular weight excluding hydrogens is 320 g/mol. The molecule has 120 valence electrons. The molecule has 0 saturated carbocycles. The van der Waals surface area contributed by atoms with Crippen LogP contribution in [0, 0.1) is 0 Å². The molecule has 0 aliphatic carbocycles. The Kier molecular flexibility index (Phi) is 5.53. The molecule has 8 heteroatoms. The van der Waals surface area contributed by atoms with E-state index in [4.69, 9.17) is 4.74 Å². The zero-order valence-electron chi connectivity index (χ0n) is 12.5. The normalized spacial score (nSPS) is 16.9. The molecule has 7 nitrogen and oxygen atoms in total. The maximum atomic E-state index is 12.2. The third kappa shape index (κ3) is 3.98. The minimum absolute atomic E-state index is 0.0739. The average molecular weight is 334 g/mol. The van der Waals surface area contributed by atoms with Gasteiger partial charge < -0.3 is 14.6 Å². The zero-order chi connectivity index (χ0) is 16.8. The maximum Gasteiger partial charge on any atom is 0.332 e. The van der Waals surface area contributed by atoms with Gasteiger partial charge in [0, 0.05) is 12.1 Å². The third-order valence-corrected chi connectivity index (χ3v) is 3.59. The first-order valence-corrected chi connectivity index (χ1v) is 7.50. The fraction of sp³-hybridized carbons (Fsp3) is 0.200. The largest absolute Gasteiger partial charge is 0.609 e. The number of thioether (sulfide) groups is 1. The van der Waals surface area contributed by atoms with Gasteiger partial charge in [0.25, 0.3) is 5.70 Å². The van der Waals surface area contributed by atoms with Crippen molar-refractivity contribution in [2.45, 2.75) is 6.92 Å². The van der Waals surface area contributed by atoms with Crippen LogP contribution in [0.15, 0.2) is 53.3 Å². The highest BCUT2D eigenvalue weighted by molar-refractivity contribution is 8.28. The molecule has 1 aromatic heterocycles. The molecule has 23 heavy (non-hydrogen) atoms. The number of pyridine rings is 1. The zero-order valence-corrected chi connectivity index (χ0v) is 13.3. The number of esters is 1. The maximum absolute atomic E-state index is 12.2. The molecule has 0 bridgehead atoms. The number of aliphatic imine (C=N–C) groups is 1. The van der Waals surface area contributed by atoms with E-state index in [0.29, 0.717) is 0 Å². The topological polar surface area (TPSA) is 91.9 Å². The van der Waals surface area contributed by atoms with E-state index < -0.39 is 17.0 Å². The van der Waals surface area contributed by atoms with E-state index in [0.717, 1.165) is 17.8 Å². The fourth-order valence-corrected chi connectivity index (χ4v) is 2.55. The van der Waals surface area contributed by atoms with Gasteiger partial charge in [-0.05, 0) is 18.4 Å². The summed E-state index contributed by atoms with van der Waals surface area (Å²) in [6.07, 6.45) is 4.27. The fourth-order valence-electron chi connectivity index (χ4n) is 1.73. The number of rotatable bonds is 5. The highest BCUT2D eigenvalue weighted by Gasteiger charge is 2.31. The number of hydrogen-bond acceptors (Lipinski definition) is 7. The Hall–Kier alpha value is -2.61. The van der Waals surface area contributed by atoms with Gasteiger partial charge >= 0.3 is 5.97 Å². The summed E-state index contributed by atoms with van der Waals surface area (Å²) in [6.45, 7) is 1.87. The van der Waals surface area contributed by atoms with Crippen LogP contribution in [0.2, 0.25) is 0 Å². The van der Waals surface area contributed by atoms with E-state index >= 15 is 0 Å². The Balaban J connectivity index is 2.48. The first kappa shape index (κ1) is 16.8. The van der Waals surface area contributed by atoms with Crippen molar-refractivity contribution < 1.29 is 28.7 Å². The minimum atomic E-state index is -0.691. The van der Waals surface area contributed by atoms with Gasteiger partial charge in [-0.25, -0.2) is 9.79 Å². The summed E-state index contributed by atoms with van der Waals surface area (Å²) in [5, 5.41) is 12.0.